The minimum absolute atomic E-state index is 0.264. The molecule has 0 unspecified atom stereocenters. The second-order valence-electron chi connectivity index (χ2n) is 3.71. The highest BCUT2D eigenvalue weighted by molar-refractivity contribution is 14.1. The lowest BCUT2D eigenvalue weighted by Crippen LogP contribution is -2.13. The molecule has 0 bridgehead atoms. The highest BCUT2D eigenvalue weighted by Gasteiger charge is 2.04. The first-order valence-electron chi connectivity index (χ1n) is 5.22. The molecule has 0 aliphatic carbocycles. The number of rotatable bonds is 3. The molecule has 1 aromatic heterocycles. The molecular weight excluding hydrogens is 359 g/mol. The second-order valence-corrected chi connectivity index (χ2v) is 5.40. The standard InChI is InChI=1S/C12H11IN4S/c1-7-2-3-8(13)6-10(7)17-12-15-5-4-9(16-12)11(14)18/h2-6H,1H3,(H2,14,18)(H,15,16,17). The van der Waals surface area contributed by atoms with Crippen molar-refractivity contribution in [3.05, 3.63) is 45.3 Å². The van der Waals surface area contributed by atoms with Gasteiger partial charge in [-0.25, -0.2) is 9.97 Å². The zero-order valence-corrected chi connectivity index (χ0v) is 12.6. The molecule has 1 aromatic carbocycles. The van der Waals surface area contributed by atoms with Crippen molar-refractivity contribution in [3.8, 4) is 0 Å². The minimum atomic E-state index is 0.264. The van der Waals surface area contributed by atoms with Crippen LogP contribution in [-0.2, 0) is 0 Å². The number of thiocarbonyl (C=S) groups is 1. The summed E-state index contributed by atoms with van der Waals surface area (Å²) in [4.78, 5) is 8.66. The summed E-state index contributed by atoms with van der Waals surface area (Å²) in [6.45, 7) is 2.02. The largest absolute Gasteiger partial charge is 0.388 e. The average molecular weight is 370 g/mol. The average Bonchev–Trinajstić information content (AvgIpc) is 2.34. The highest BCUT2D eigenvalue weighted by Crippen LogP contribution is 2.20. The number of halogens is 1. The zero-order chi connectivity index (χ0) is 13.1. The third kappa shape index (κ3) is 3.14. The number of benzene rings is 1. The number of hydrogen-bond donors (Lipinski definition) is 2. The molecule has 0 aliphatic heterocycles. The maximum Gasteiger partial charge on any atom is 0.227 e. The van der Waals surface area contributed by atoms with E-state index in [-0.39, 0.29) is 4.99 Å². The zero-order valence-electron chi connectivity index (χ0n) is 9.64. The second kappa shape index (κ2) is 5.57. The van der Waals surface area contributed by atoms with Gasteiger partial charge < -0.3 is 11.1 Å². The Morgan fingerprint density at radius 3 is 2.89 bits per heavy atom. The Balaban J connectivity index is 2.31. The lowest BCUT2D eigenvalue weighted by atomic mass is 10.2. The van der Waals surface area contributed by atoms with Crippen molar-refractivity contribution in [1.82, 2.24) is 9.97 Å². The Morgan fingerprint density at radius 1 is 1.39 bits per heavy atom. The molecule has 0 saturated heterocycles. The van der Waals surface area contributed by atoms with Gasteiger partial charge in [-0.3, -0.25) is 0 Å². The smallest absolute Gasteiger partial charge is 0.227 e. The highest BCUT2D eigenvalue weighted by atomic mass is 127. The number of anilines is 2. The Morgan fingerprint density at radius 2 is 2.17 bits per heavy atom. The summed E-state index contributed by atoms with van der Waals surface area (Å²) in [6, 6.07) is 7.82. The Kier molecular flexibility index (Phi) is 4.07. The number of aryl methyl sites for hydroxylation is 1. The van der Waals surface area contributed by atoms with E-state index in [2.05, 4.69) is 37.9 Å². The third-order valence-electron chi connectivity index (χ3n) is 2.35. The van der Waals surface area contributed by atoms with Gasteiger partial charge in [0.25, 0.3) is 0 Å². The van der Waals surface area contributed by atoms with Gasteiger partial charge in [-0.05, 0) is 53.3 Å². The molecule has 1 heterocycles. The van der Waals surface area contributed by atoms with Crippen LogP contribution in [0.1, 0.15) is 11.3 Å². The number of hydrogen-bond acceptors (Lipinski definition) is 4. The van der Waals surface area contributed by atoms with Gasteiger partial charge in [0, 0.05) is 15.5 Å². The summed E-state index contributed by atoms with van der Waals surface area (Å²) in [7, 11) is 0. The fraction of sp³-hybridized carbons (Fsp3) is 0.0833. The molecule has 0 aliphatic rings. The van der Waals surface area contributed by atoms with E-state index in [1.165, 1.54) is 0 Å². The van der Waals surface area contributed by atoms with Crippen LogP contribution in [-0.4, -0.2) is 15.0 Å². The van der Waals surface area contributed by atoms with Crippen molar-refractivity contribution in [2.45, 2.75) is 6.92 Å². The molecule has 0 amide bonds. The quantitative estimate of drug-likeness (QED) is 0.643. The topological polar surface area (TPSA) is 63.8 Å². The predicted octanol–water partition coefficient (Wildman–Crippen LogP) is 2.77. The number of nitrogens with zero attached hydrogens (tertiary/aromatic N) is 2. The Labute approximate surface area is 124 Å². The van der Waals surface area contributed by atoms with Crippen LogP contribution in [0.2, 0.25) is 0 Å². The van der Waals surface area contributed by atoms with Crippen molar-refractivity contribution in [3.63, 3.8) is 0 Å². The van der Waals surface area contributed by atoms with Gasteiger partial charge in [0.2, 0.25) is 5.95 Å². The van der Waals surface area contributed by atoms with E-state index in [4.69, 9.17) is 18.0 Å². The number of nitrogens with two attached hydrogens (primary N) is 1. The van der Waals surface area contributed by atoms with Crippen molar-refractivity contribution < 1.29 is 0 Å². The molecule has 0 radical (unpaired) electrons. The first-order chi connectivity index (χ1) is 8.56. The molecule has 0 atom stereocenters. The number of nitrogens with one attached hydrogen (secondary N) is 1. The molecule has 2 aromatic rings. The normalized spacial score (nSPS) is 10.1. The summed E-state index contributed by atoms with van der Waals surface area (Å²) in [5.74, 6) is 0.491. The third-order valence-corrected chi connectivity index (χ3v) is 3.23. The summed E-state index contributed by atoms with van der Waals surface area (Å²) >= 11 is 7.15. The maximum absolute atomic E-state index is 5.54. The van der Waals surface area contributed by atoms with E-state index in [0.717, 1.165) is 14.8 Å². The molecule has 92 valence electrons. The molecule has 0 fully saturated rings. The Bertz CT molecular complexity index is 600. The molecular formula is C12H11IN4S. The molecule has 0 spiro atoms. The van der Waals surface area contributed by atoms with E-state index in [0.29, 0.717) is 11.6 Å². The predicted molar refractivity (Wildman–Crippen MR) is 85.1 cm³/mol. The van der Waals surface area contributed by atoms with Crippen LogP contribution in [0.3, 0.4) is 0 Å². The van der Waals surface area contributed by atoms with E-state index in [9.17, 15) is 0 Å². The lowest BCUT2D eigenvalue weighted by Gasteiger charge is -2.09. The van der Waals surface area contributed by atoms with E-state index >= 15 is 0 Å². The fourth-order valence-electron chi connectivity index (χ4n) is 1.41. The van der Waals surface area contributed by atoms with Gasteiger partial charge in [-0.2, -0.15) is 0 Å². The van der Waals surface area contributed by atoms with E-state index in [1.54, 1.807) is 12.3 Å². The maximum atomic E-state index is 5.54. The van der Waals surface area contributed by atoms with Gasteiger partial charge in [-0.15, -0.1) is 0 Å². The molecule has 4 nitrogen and oxygen atoms in total. The first kappa shape index (κ1) is 13.2. The Hall–Kier alpha value is -1.28. The van der Waals surface area contributed by atoms with Crippen LogP contribution in [0.5, 0.6) is 0 Å². The SMILES string of the molecule is Cc1ccc(I)cc1Nc1nccc(C(N)=S)n1. The summed E-state index contributed by atoms with van der Waals surface area (Å²) < 4.78 is 1.14. The summed E-state index contributed by atoms with van der Waals surface area (Å²) in [5, 5.41) is 3.17. The van der Waals surface area contributed by atoms with Crippen LogP contribution in [0.15, 0.2) is 30.5 Å². The molecule has 0 saturated carbocycles. The van der Waals surface area contributed by atoms with Crippen LogP contribution < -0.4 is 11.1 Å². The van der Waals surface area contributed by atoms with Gasteiger partial charge >= 0.3 is 0 Å². The summed E-state index contributed by atoms with van der Waals surface area (Å²) in [5.41, 5.74) is 8.20. The lowest BCUT2D eigenvalue weighted by molar-refractivity contribution is 1.15. The van der Waals surface area contributed by atoms with E-state index in [1.807, 2.05) is 25.1 Å². The molecule has 18 heavy (non-hydrogen) atoms. The monoisotopic (exact) mass is 370 g/mol. The molecule has 3 N–H and O–H groups in total. The molecule has 6 heteroatoms. The minimum Gasteiger partial charge on any atom is -0.388 e. The van der Waals surface area contributed by atoms with Crippen LogP contribution >= 0.6 is 34.8 Å². The van der Waals surface area contributed by atoms with Crippen molar-refractivity contribution in [2.75, 3.05) is 5.32 Å². The first-order valence-corrected chi connectivity index (χ1v) is 6.71. The van der Waals surface area contributed by atoms with Gasteiger partial charge in [-0.1, -0.05) is 18.3 Å². The van der Waals surface area contributed by atoms with Crippen LogP contribution in [0.4, 0.5) is 11.6 Å². The van der Waals surface area contributed by atoms with Crippen LogP contribution in [0.25, 0.3) is 0 Å². The van der Waals surface area contributed by atoms with Crippen molar-refractivity contribution >= 4 is 51.4 Å². The summed E-state index contributed by atoms with van der Waals surface area (Å²) in [6.07, 6.45) is 1.63. The van der Waals surface area contributed by atoms with Crippen molar-refractivity contribution in [2.24, 2.45) is 5.73 Å². The van der Waals surface area contributed by atoms with Crippen LogP contribution in [0, 0.1) is 10.5 Å². The van der Waals surface area contributed by atoms with Gasteiger partial charge in [0.15, 0.2) is 0 Å². The van der Waals surface area contributed by atoms with Gasteiger partial charge in [0.05, 0.1) is 0 Å². The number of aromatic nitrogens is 2. The van der Waals surface area contributed by atoms with E-state index < -0.39 is 0 Å². The molecule has 2 rings (SSSR count). The van der Waals surface area contributed by atoms with Gasteiger partial charge in [0.1, 0.15) is 10.7 Å². The van der Waals surface area contributed by atoms with Crippen molar-refractivity contribution in [1.29, 1.82) is 0 Å². The fourth-order valence-corrected chi connectivity index (χ4v) is 2.01.